The van der Waals surface area contributed by atoms with Gasteiger partial charge in [0, 0.05) is 43.1 Å². The number of benzene rings is 2. The minimum atomic E-state index is -0.651. The fourth-order valence-corrected chi connectivity index (χ4v) is 4.47. The molecule has 1 aliphatic heterocycles. The molecule has 4 aromatic rings. The summed E-state index contributed by atoms with van der Waals surface area (Å²) in [6.45, 7) is 3.19. The van der Waals surface area contributed by atoms with Crippen LogP contribution in [0.3, 0.4) is 0 Å². The number of ether oxygens (including phenoxy) is 1. The van der Waals surface area contributed by atoms with Crippen molar-refractivity contribution in [2.75, 3.05) is 41.8 Å². The molecule has 10 nitrogen and oxygen atoms in total. The second kappa shape index (κ2) is 9.12. The van der Waals surface area contributed by atoms with E-state index in [0.717, 1.165) is 67.1 Å². The van der Waals surface area contributed by atoms with Gasteiger partial charge in [-0.05, 0) is 43.2 Å². The van der Waals surface area contributed by atoms with Crippen molar-refractivity contribution in [1.82, 2.24) is 19.5 Å². The van der Waals surface area contributed by atoms with Crippen molar-refractivity contribution in [2.45, 2.75) is 18.9 Å². The van der Waals surface area contributed by atoms with Crippen molar-refractivity contribution in [3.63, 3.8) is 0 Å². The van der Waals surface area contributed by atoms with E-state index in [1.54, 1.807) is 6.33 Å². The van der Waals surface area contributed by atoms with Crippen LogP contribution in [0.2, 0.25) is 0 Å². The number of para-hydroxylation sites is 1. The Bertz CT molecular complexity index is 1420. The molecule has 4 N–H and O–H groups in total. The van der Waals surface area contributed by atoms with Gasteiger partial charge in [0.2, 0.25) is 0 Å². The average molecular weight is 485 g/mol. The molecule has 0 atom stereocenters. The van der Waals surface area contributed by atoms with E-state index in [4.69, 9.17) is 20.4 Å². The third-order valence-corrected chi connectivity index (χ3v) is 6.56. The standard InChI is InChI=1S/C26H28N8O2/c1-33-15-28-21-19(3-2-4-20(21)33)22-25(29-16-5-6-16)32-26(23(31-22)24(27)35)30-17-7-9-18(10-8-17)34-11-13-36-14-12-34/h2-4,7-10,15-16H,5-6,11-14H2,1H3,(H2,27,35)(H2,29,30,32). The predicted molar refractivity (Wildman–Crippen MR) is 140 cm³/mol. The number of primary amides is 1. The molecule has 0 spiro atoms. The Morgan fingerprint density at radius 3 is 2.56 bits per heavy atom. The third kappa shape index (κ3) is 4.31. The average Bonchev–Trinajstić information content (AvgIpc) is 3.64. The zero-order chi connectivity index (χ0) is 24.6. The first kappa shape index (κ1) is 22.3. The molecule has 1 saturated carbocycles. The Morgan fingerprint density at radius 2 is 1.83 bits per heavy atom. The largest absolute Gasteiger partial charge is 0.378 e. The number of morpholine rings is 1. The number of hydrogen-bond acceptors (Lipinski definition) is 8. The summed E-state index contributed by atoms with van der Waals surface area (Å²) in [7, 11) is 1.94. The van der Waals surface area contributed by atoms with Crippen LogP contribution >= 0.6 is 0 Å². The molecule has 2 fully saturated rings. The molecule has 2 aliphatic rings. The number of amides is 1. The van der Waals surface area contributed by atoms with E-state index in [2.05, 4.69) is 20.5 Å². The first-order chi connectivity index (χ1) is 17.6. The summed E-state index contributed by atoms with van der Waals surface area (Å²) >= 11 is 0. The summed E-state index contributed by atoms with van der Waals surface area (Å²) in [5, 5.41) is 6.74. The van der Waals surface area contributed by atoms with E-state index in [1.165, 1.54) is 0 Å². The summed E-state index contributed by atoms with van der Waals surface area (Å²) in [5.74, 6) is 0.275. The number of aromatic nitrogens is 4. The van der Waals surface area contributed by atoms with Gasteiger partial charge in [-0.1, -0.05) is 12.1 Å². The van der Waals surface area contributed by atoms with Crippen molar-refractivity contribution >= 4 is 40.0 Å². The van der Waals surface area contributed by atoms with Crippen LogP contribution in [0.15, 0.2) is 48.8 Å². The molecule has 3 heterocycles. The molecule has 6 rings (SSSR count). The highest BCUT2D eigenvalue weighted by Gasteiger charge is 2.27. The van der Waals surface area contributed by atoms with Crippen LogP contribution in [0.4, 0.5) is 23.0 Å². The molecule has 184 valence electrons. The predicted octanol–water partition coefficient (Wildman–Crippen LogP) is 3.28. The van der Waals surface area contributed by atoms with Crippen LogP contribution in [-0.2, 0) is 11.8 Å². The Morgan fingerprint density at radius 1 is 1.06 bits per heavy atom. The summed E-state index contributed by atoms with van der Waals surface area (Å²) in [6, 6.07) is 14.3. The van der Waals surface area contributed by atoms with Crippen LogP contribution in [-0.4, -0.2) is 57.8 Å². The van der Waals surface area contributed by atoms with Gasteiger partial charge in [-0.2, -0.15) is 0 Å². The highest BCUT2D eigenvalue weighted by Crippen LogP contribution is 2.35. The maximum absolute atomic E-state index is 12.5. The van der Waals surface area contributed by atoms with Gasteiger partial charge in [0.05, 0.1) is 30.6 Å². The van der Waals surface area contributed by atoms with Gasteiger partial charge in [0.1, 0.15) is 5.69 Å². The number of hydrogen-bond donors (Lipinski definition) is 3. The van der Waals surface area contributed by atoms with Gasteiger partial charge in [-0.15, -0.1) is 0 Å². The lowest BCUT2D eigenvalue weighted by molar-refractivity contribution is 0.0996. The number of imidazole rings is 1. The van der Waals surface area contributed by atoms with Crippen LogP contribution in [0, 0.1) is 0 Å². The van der Waals surface area contributed by atoms with E-state index in [1.807, 2.05) is 54.1 Å². The van der Waals surface area contributed by atoms with Gasteiger partial charge in [0.25, 0.3) is 5.91 Å². The summed E-state index contributed by atoms with van der Waals surface area (Å²) in [6.07, 6.45) is 3.90. The number of nitrogens with two attached hydrogens (primary N) is 1. The van der Waals surface area contributed by atoms with Gasteiger partial charge in [0.15, 0.2) is 17.3 Å². The van der Waals surface area contributed by atoms with Crippen LogP contribution < -0.4 is 21.3 Å². The first-order valence-corrected chi connectivity index (χ1v) is 12.2. The zero-order valence-corrected chi connectivity index (χ0v) is 20.1. The van der Waals surface area contributed by atoms with Crippen LogP contribution in [0.5, 0.6) is 0 Å². The molecule has 1 amide bonds. The first-order valence-electron chi connectivity index (χ1n) is 12.2. The fraction of sp³-hybridized carbons (Fsp3) is 0.308. The fourth-order valence-electron chi connectivity index (χ4n) is 4.47. The lowest BCUT2D eigenvalue weighted by atomic mass is 10.1. The SMILES string of the molecule is Cn1cnc2c(-c3nc(C(N)=O)c(Nc4ccc(N5CCOCC5)cc4)nc3NC3CC3)cccc21. The monoisotopic (exact) mass is 484 g/mol. The summed E-state index contributed by atoms with van der Waals surface area (Å²) in [5.41, 5.74) is 10.9. The minimum absolute atomic E-state index is 0.0801. The number of fused-ring (bicyclic) bond motifs is 1. The smallest absolute Gasteiger partial charge is 0.271 e. The Labute approximate surface area is 208 Å². The summed E-state index contributed by atoms with van der Waals surface area (Å²) in [4.78, 5) is 28.9. The number of carbonyl (C=O) groups is 1. The van der Waals surface area contributed by atoms with Crippen molar-refractivity contribution < 1.29 is 9.53 Å². The molecule has 2 aromatic heterocycles. The number of nitrogens with one attached hydrogen (secondary N) is 2. The minimum Gasteiger partial charge on any atom is -0.378 e. The van der Waals surface area contributed by atoms with Gasteiger partial charge in [-0.25, -0.2) is 15.0 Å². The number of rotatable bonds is 7. The van der Waals surface area contributed by atoms with Crippen molar-refractivity contribution in [3.05, 3.63) is 54.5 Å². The van der Waals surface area contributed by atoms with E-state index in [0.29, 0.717) is 23.4 Å². The van der Waals surface area contributed by atoms with Crippen LogP contribution in [0.25, 0.3) is 22.3 Å². The van der Waals surface area contributed by atoms with Crippen molar-refractivity contribution in [2.24, 2.45) is 12.8 Å². The maximum Gasteiger partial charge on any atom is 0.271 e. The van der Waals surface area contributed by atoms with Crippen molar-refractivity contribution in [3.8, 4) is 11.3 Å². The van der Waals surface area contributed by atoms with Gasteiger partial charge < -0.3 is 30.6 Å². The third-order valence-electron chi connectivity index (χ3n) is 6.56. The van der Waals surface area contributed by atoms with E-state index < -0.39 is 5.91 Å². The molecule has 10 heteroatoms. The topological polar surface area (TPSA) is 123 Å². The lowest BCUT2D eigenvalue weighted by Crippen LogP contribution is -2.36. The highest BCUT2D eigenvalue weighted by molar-refractivity contribution is 6.00. The maximum atomic E-state index is 12.5. The number of carbonyl (C=O) groups excluding carboxylic acids is 1. The van der Waals surface area contributed by atoms with E-state index in [9.17, 15) is 4.79 Å². The van der Waals surface area contributed by atoms with Gasteiger partial charge >= 0.3 is 0 Å². The molecule has 36 heavy (non-hydrogen) atoms. The highest BCUT2D eigenvalue weighted by atomic mass is 16.5. The Kier molecular flexibility index (Phi) is 5.65. The van der Waals surface area contributed by atoms with E-state index >= 15 is 0 Å². The zero-order valence-electron chi connectivity index (χ0n) is 20.1. The number of nitrogens with zero attached hydrogens (tertiary/aromatic N) is 5. The quantitative estimate of drug-likeness (QED) is 0.365. The molecule has 0 radical (unpaired) electrons. The number of aryl methyl sites for hydroxylation is 1. The normalized spacial score (nSPS) is 15.8. The Hall–Kier alpha value is -4.18. The lowest BCUT2D eigenvalue weighted by Gasteiger charge is -2.29. The molecule has 1 aliphatic carbocycles. The van der Waals surface area contributed by atoms with Crippen LogP contribution in [0.1, 0.15) is 23.3 Å². The molecule has 0 unspecified atom stereocenters. The molecular formula is C26H28N8O2. The molecule has 0 bridgehead atoms. The molecule has 1 saturated heterocycles. The second-order valence-corrected chi connectivity index (χ2v) is 9.20. The molecule has 2 aromatic carbocycles. The second-order valence-electron chi connectivity index (χ2n) is 9.20. The molecular weight excluding hydrogens is 456 g/mol. The van der Waals surface area contributed by atoms with E-state index in [-0.39, 0.29) is 5.69 Å². The summed E-state index contributed by atoms with van der Waals surface area (Å²) < 4.78 is 7.40. The Balaban J connectivity index is 1.38. The van der Waals surface area contributed by atoms with Gasteiger partial charge in [-0.3, -0.25) is 4.79 Å². The van der Waals surface area contributed by atoms with Crippen molar-refractivity contribution in [1.29, 1.82) is 0 Å². The number of anilines is 4.